The molecule has 0 spiro atoms. The summed E-state index contributed by atoms with van der Waals surface area (Å²) in [6.07, 6.45) is 4.50. The summed E-state index contributed by atoms with van der Waals surface area (Å²) in [4.78, 5) is 18.2. The summed E-state index contributed by atoms with van der Waals surface area (Å²) in [5, 5.41) is 2.69. The zero-order valence-electron chi connectivity index (χ0n) is 14.6. The minimum Gasteiger partial charge on any atom is -0.361 e. The number of nitrogens with zero attached hydrogens (tertiary/aromatic N) is 1. The summed E-state index contributed by atoms with van der Waals surface area (Å²) in [7, 11) is 0. The smallest absolute Gasteiger partial charge is 0.223 e. The highest BCUT2D eigenvalue weighted by atomic mass is 35.5. The number of H-pyrrole nitrogens is 1. The van der Waals surface area contributed by atoms with Crippen LogP contribution < -0.4 is 0 Å². The van der Waals surface area contributed by atoms with E-state index in [4.69, 9.17) is 34.8 Å². The molecule has 6 heteroatoms. The number of likely N-dealkylation sites (tertiary alicyclic amines) is 1. The first-order valence-electron chi connectivity index (χ1n) is 9.02. The number of aromatic amines is 1. The van der Waals surface area contributed by atoms with Crippen molar-refractivity contribution in [2.24, 2.45) is 0 Å². The van der Waals surface area contributed by atoms with E-state index in [0.29, 0.717) is 21.5 Å². The van der Waals surface area contributed by atoms with Crippen molar-refractivity contribution in [2.45, 2.75) is 25.2 Å². The van der Waals surface area contributed by atoms with Gasteiger partial charge in [0.25, 0.3) is 0 Å². The standard InChI is InChI=1S/C21H19Cl3N2O/c22-14-4-6-20-16(10-14)17(12-25-20)15(11-21(27)26-7-1-2-8-26)13-3-5-18(23)19(24)9-13/h3-6,9-10,12,15,25H,1-2,7-8,11H2. The third kappa shape index (κ3) is 3.82. The van der Waals surface area contributed by atoms with Gasteiger partial charge in [-0.25, -0.2) is 0 Å². The maximum absolute atomic E-state index is 12.9. The Kier molecular flexibility index (Phi) is 5.36. The normalized spacial score (nSPS) is 15.4. The lowest BCUT2D eigenvalue weighted by Gasteiger charge is -2.22. The highest BCUT2D eigenvalue weighted by molar-refractivity contribution is 6.42. The number of carbonyl (C=O) groups is 1. The molecule has 0 saturated carbocycles. The first-order chi connectivity index (χ1) is 13.0. The van der Waals surface area contributed by atoms with Crippen molar-refractivity contribution in [1.29, 1.82) is 0 Å². The van der Waals surface area contributed by atoms with E-state index >= 15 is 0 Å². The van der Waals surface area contributed by atoms with Crippen molar-refractivity contribution >= 4 is 51.6 Å². The van der Waals surface area contributed by atoms with Gasteiger partial charge in [-0.2, -0.15) is 0 Å². The molecule has 1 amide bonds. The number of amides is 1. The topological polar surface area (TPSA) is 36.1 Å². The number of hydrogen-bond acceptors (Lipinski definition) is 1. The van der Waals surface area contributed by atoms with Gasteiger partial charge in [0.1, 0.15) is 0 Å². The average Bonchev–Trinajstić information content (AvgIpc) is 3.32. The van der Waals surface area contributed by atoms with Gasteiger partial charge in [0.2, 0.25) is 5.91 Å². The maximum Gasteiger partial charge on any atom is 0.223 e. The molecule has 1 aliphatic rings. The molecule has 27 heavy (non-hydrogen) atoms. The van der Waals surface area contributed by atoms with Crippen molar-refractivity contribution in [3.63, 3.8) is 0 Å². The van der Waals surface area contributed by atoms with Gasteiger partial charge in [-0.3, -0.25) is 4.79 Å². The van der Waals surface area contributed by atoms with Crippen LogP contribution in [0.2, 0.25) is 15.1 Å². The molecule has 1 fully saturated rings. The molecule has 1 atom stereocenters. The lowest BCUT2D eigenvalue weighted by Crippen LogP contribution is -2.29. The second-order valence-electron chi connectivity index (χ2n) is 6.95. The number of aromatic nitrogens is 1. The van der Waals surface area contributed by atoms with Crippen LogP contribution in [0.5, 0.6) is 0 Å². The van der Waals surface area contributed by atoms with Crippen molar-refractivity contribution in [1.82, 2.24) is 9.88 Å². The lowest BCUT2D eigenvalue weighted by molar-refractivity contribution is -0.130. The number of rotatable bonds is 4. The number of carbonyl (C=O) groups excluding carboxylic acids is 1. The summed E-state index contributed by atoms with van der Waals surface area (Å²) in [6.45, 7) is 1.68. The van der Waals surface area contributed by atoms with Crippen molar-refractivity contribution in [3.8, 4) is 0 Å². The van der Waals surface area contributed by atoms with Gasteiger partial charge in [-0.05, 0) is 54.3 Å². The Balaban J connectivity index is 1.77. The molecule has 3 nitrogen and oxygen atoms in total. The molecule has 4 rings (SSSR count). The van der Waals surface area contributed by atoms with Crippen molar-refractivity contribution in [2.75, 3.05) is 13.1 Å². The Labute approximate surface area is 173 Å². The fourth-order valence-electron chi connectivity index (χ4n) is 3.81. The van der Waals surface area contributed by atoms with E-state index in [-0.39, 0.29) is 11.8 Å². The molecule has 0 radical (unpaired) electrons. The Hall–Kier alpha value is -1.68. The molecule has 1 N–H and O–H groups in total. The number of hydrogen-bond donors (Lipinski definition) is 1. The predicted molar refractivity (Wildman–Crippen MR) is 112 cm³/mol. The van der Waals surface area contributed by atoms with Crippen LogP contribution in [0, 0.1) is 0 Å². The number of benzene rings is 2. The molecule has 3 aromatic rings. The zero-order chi connectivity index (χ0) is 19.0. The molecule has 1 aliphatic heterocycles. The van der Waals surface area contributed by atoms with E-state index in [9.17, 15) is 4.79 Å². The summed E-state index contributed by atoms with van der Waals surface area (Å²) in [6, 6.07) is 11.3. The molecule has 1 saturated heterocycles. The van der Waals surface area contributed by atoms with E-state index in [2.05, 4.69) is 4.98 Å². The fourth-order valence-corrected chi connectivity index (χ4v) is 4.29. The first kappa shape index (κ1) is 18.7. The highest BCUT2D eigenvalue weighted by Crippen LogP contribution is 2.37. The Morgan fingerprint density at radius 1 is 1.04 bits per heavy atom. The Morgan fingerprint density at radius 3 is 2.56 bits per heavy atom. The van der Waals surface area contributed by atoms with Crippen LogP contribution in [-0.2, 0) is 4.79 Å². The van der Waals surface area contributed by atoms with Crippen LogP contribution in [-0.4, -0.2) is 28.9 Å². The van der Waals surface area contributed by atoms with E-state index in [0.717, 1.165) is 48.0 Å². The van der Waals surface area contributed by atoms with Crippen LogP contribution >= 0.6 is 34.8 Å². The SMILES string of the molecule is O=C(CC(c1ccc(Cl)c(Cl)c1)c1c[nH]c2ccc(Cl)cc12)N1CCCC1. The van der Waals surface area contributed by atoms with Crippen LogP contribution in [0.3, 0.4) is 0 Å². The maximum atomic E-state index is 12.9. The molecule has 1 unspecified atom stereocenters. The van der Waals surface area contributed by atoms with Crippen molar-refractivity contribution < 1.29 is 4.79 Å². The summed E-state index contributed by atoms with van der Waals surface area (Å²) in [5.74, 6) is 0.0417. The third-order valence-electron chi connectivity index (χ3n) is 5.23. The Morgan fingerprint density at radius 2 is 1.81 bits per heavy atom. The van der Waals surface area contributed by atoms with Gasteiger partial charge in [-0.1, -0.05) is 40.9 Å². The van der Waals surface area contributed by atoms with Gasteiger partial charge in [-0.15, -0.1) is 0 Å². The molecule has 140 valence electrons. The average molecular weight is 422 g/mol. The molecule has 0 aliphatic carbocycles. The van der Waals surface area contributed by atoms with Crippen molar-refractivity contribution in [3.05, 3.63) is 68.8 Å². The van der Waals surface area contributed by atoms with Gasteiger partial charge < -0.3 is 9.88 Å². The quantitative estimate of drug-likeness (QED) is 0.529. The zero-order valence-corrected chi connectivity index (χ0v) is 16.9. The van der Waals surface area contributed by atoms with Gasteiger partial charge in [0, 0.05) is 47.6 Å². The largest absolute Gasteiger partial charge is 0.361 e. The molecule has 1 aromatic heterocycles. The summed E-state index contributed by atoms with van der Waals surface area (Å²) >= 11 is 18.6. The predicted octanol–water partition coefficient (Wildman–Crippen LogP) is 6.27. The molecular weight excluding hydrogens is 403 g/mol. The fraction of sp³-hybridized carbons (Fsp3) is 0.286. The summed E-state index contributed by atoms with van der Waals surface area (Å²) < 4.78 is 0. The minimum atomic E-state index is -0.125. The monoisotopic (exact) mass is 420 g/mol. The van der Waals surface area contributed by atoms with Crippen LogP contribution in [0.1, 0.15) is 36.3 Å². The first-order valence-corrected chi connectivity index (χ1v) is 10.2. The summed E-state index contributed by atoms with van der Waals surface area (Å²) in [5.41, 5.74) is 3.00. The van der Waals surface area contributed by atoms with Gasteiger partial charge >= 0.3 is 0 Å². The van der Waals surface area contributed by atoms with Crippen LogP contribution in [0.15, 0.2) is 42.6 Å². The third-order valence-corrected chi connectivity index (χ3v) is 6.21. The van der Waals surface area contributed by atoms with E-state index < -0.39 is 0 Å². The second-order valence-corrected chi connectivity index (χ2v) is 8.20. The number of halogens is 3. The van der Waals surface area contributed by atoms with E-state index in [1.165, 1.54) is 0 Å². The lowest BCUT2D eigenvalue weighted by atomic mass is 9.88. The highest BCUT2D eigenvalue weighted by Gasteiger charge is 2.26. The number of fused-ring (bicyclic) bond motifs is 1. The van der Waals surface area contributed by atoms with Crippen LogP contribution in [0.4, 0.5) is 0 Å². The van der Waals surface area contributed by atoms with Gasteiger partial charge in [0.15, 0.2) is 0 Å². The molecule has 2 aromatic carbocycles. The molecular formula is C21H19Cl3N2O. The van der Waals surface area contributed by atoms with E-state index in [1.54, 1.807) is 6.07 Å². The Bertz CT molecular complexity index is 992. The number of nitrogens with one attached hydrogen (secondary N) is 1. The second kappa shape index (κ2) is 7.75. The van der Waals surface area contributed by atoms with E-state index in [1.807, 2.05) is 41.4 Å². The van der Waals surface area contributed by atoms with Crippen LogP contribution in [0.25, 0.3) is 10.9 Å². The molecule has 0 bridgehead atoms. The molecule has 2 heterocycles. The van der Waals surface area contributed by atoms with Gasteiger partial charge in [0.05, 0.1) is 10.0 Å². The minimum absolute atomic E-state index is 0.125.